The second kappa shape index (κ2) is 8.30. The van der Waals surface area contributed by atoms with E-state index in [1.54, 1.807) is 27.8 Å². The first kappa shape index (κ1) is 18.9. The lowest BCUT2D eigenvalue weighted by molar-refractivity contribution is -0.670. The summed E-state index contributed by atoms with van der Waals surface area (Å²) in [6.07, 6.45) is 17.3. The van der Waals surface area contributed by atoms with E-state index in [0.29, 0.717) is 0 Å². The summed E-state index contributed by atoms with van der Waals surface area (Å²) < 4.78 is 2.50. The van der Waals surface area contributed by atoms with Gasteiger partial charge in [0.25, 0.3) is 0 Å². The number of aryl methyl sites for hydroxylation is 1. The molecular weight excluding hydrogens is 350 g/mol. The minimum atomic E-state index is 1.05. The molecule has 1 aromatic heterocycles. The van der Waals surface area contributed by atoms with Crippen LogP contribution in [0.15, 0.2) is 42.6 Å². The molecule has 3 aromatic rings. The molecule has 0 fully saturated rings. The molecule has 0 unspecified atom stereocenters. The molecule has 0 amide bonds. The summed E-state index contributed by atoms with van der Waals surface area (Å²) in [5, 5.41) is 2.72. The van der Waals surface area contributed by atoms with Crippen molar-refractivity contribution in [1.29, 1.82) is 0 Å². The Morgan fingerprint density at radius 3 is 2.45 bits per heavy atom. The molecule has 29 heavy (non-hydrogen) atoms. The lowest BCUT2D eigenvalue weighted by Crippen LogP contribution is -2.31. The smallest absolute Gasteiger partial charge is 0.193 e. The number of rotatable bonds is 7. The Labute approximate surface area is 175 Å². The van der Waals surface area contributed by atoms with Crippen LogP contribution in [0, 0.1) is 0 Å². The molecule has 150 valence electrons. The molecule has 0 radical (unpaired) electrons. The summed E-state index contributed by atoms with van der Waals surface area (Å²) in [5.41, 5.74) is 9.68. The molecule has 1 nitrogen and oxygen atoms in total. The van der Waals surface area contributed by atoms with Crippen molar-refractivity contribution in [2.75, 3.05) is 0 Å². The standard InChI is InChI=1S/C28H34N/c1-2-3-4-5-6-7-13-22-17-24-20-29-19-23-14-9-8-12-21(23)18-27(29)28(24)26-16-11-10-15-25(22)26/h8-9,12,14,17-19H,2-7,10-11,13,15-16,20H2,1H3/q+1. The molecule has 1 aliphatic carbocycles. The number of unbranched alkanes of at least 4 members (excludes halogenated alkanes) is 5. The van der Waals surface area contributed by atoms with E-state index >= 15 is 0 Å². The quantitative estimate of drug-likeness (QED) is 0.240. The van der Waals surface area contributed by atoms with Crippen LogP contribution in [0.4, 0.5) is 0 Å². The molecule has 2 aromatic carbocycles. The minimum Gasteiger partial charge on any atom is -0.193 e. The highest BCUT2D eigenvalue weighted by Gasteiger charge is 2.32. The fourth-order valence-electron chi connectivity index (χ4n) is 5.62. The molecule has 0 saturated heterocycles. The molecule has 0 saturated carbocycles. The topological polar surface area (TPSA) is 3.88 Å². The van der Waals surface area contributed by atoms with Crippen molar-refractivity contribution in [2.24, 2.45) is 0 Å². The van der Waals surface area contributed by atoms with Crippen molar-refractivity contribution in [3.8, 4) is 11.3 Å². The van der Waals surface area contributed by atoms with Gasteiger partial charge in [-0.1, -0.05) is 57.2 Å². The van der Waals surface area contributed by atoms with E-state index in [-0.39, 0.29) is 0 Å². The van der Waals surface area contributed by atoms with E-state index in [1.165, 1.54) is 87.1 Å². The lowest BCUT2D eigenvalue weighted by Gasteiger charge is -2.22. The molecule has 0 bridgehead atoms. The average Bonchev–Trinajstić information content (AvgIpc) is 3.11. The van der Waals surface area contributed by atoms with Gasteiger partial charge in [-0.25, -0.2) is 0 Å². The van der Waals surface area contributed by atoms with Crippen LogP contribution in [-0.2, 0) is 25.8 Å². The molecule has 1 aliphatic heterocycles. The molecule has 0 N–H and O–H groups in total. The Morgan fingerprint density at radius 1 is 0.828 bits per heavy atom. The van der Waals surface area contributed by atoms with Crippen LogP contribution in [0.2, 0.25) is 0 Å². The number of pyridine rings is 1. The Hall–Kier alpha value is -2.15. The minimum absolute atomic E-state index is 1.05. The Morgan fingerprint density at radius 2 is 1.59 bits per heavy atom. The van der Waals surface area contributed by atoms with Crippen LogP contribution in [0.1, 0.15) is 80.5 Å². The molecule has 2 heterocycles. The van der Waals surface area contributed by atoms with Crippen molar-refractivity contribution in [3.63, 3.8) is 0 Å². The van der Waals surface area contributed by atoms with Crippen molar-refractivity contribution < 1.29 is 4.57 Å². The second-order valence-electron chi connectivity index (χ2n) is 9.17. The predicted octanol–water partition coefficient (Wildman–Crippen LogP) is 6.94. The first-order valence-electron chi connectivity index (χ1n) is 11.9. The van der Waals surface area contributed by atoms with E-state index < -0.39 is 0 Å². The zero-order chi connectivity index (χ0) is 19.6. The Bertz CT molecular complexity index is 1030. The van der Waals surface area contributed by atoms with E-state index in [1.807, 2.05) is 0 Å². The summed E-state index contributed by atoms with van der Waals surface area (Å²) in [6.45, 7) is 3.35. The number of aromatic nitrogens is 1. The molecule has 5 rings (SSSR count). The van der Waals surface area contributed by atoms with Crippen molar-refractivity contribution in [3.05, 3.63) is 64.8 Å². The predicted molar refractivity (Wildman–Crippen MR) is 122 cm³/mol. The van der Waals surface area contributed by atoms with Gasteiger partial charge >= 0.3 is 0 Å². The summed E-state index contributed by atoms with van der Waals surface area (Å²) in [7, 11) is 0. The zero-order valence-corrected chi connectivity index (χ0v) is 18.0. The van der Waals surface area contributed by atoms with Crippen molar-refractivity contribution in [1.82, 2.24) is 0 Å². The first-order valence-corrected chi connectivity index (χ1v) is 11.9. The summed E-state index contributed by atoms with van der Waals surface area (Å²) in [5.74, 6) is 0. The lowest BCUT2D eigenvalue weighted by atomic mass is 9.81. The van der Waals surface area contributed by atoms with Crippen molar-refractivity contribution in [2.45, 2.75) is 84.1 Å². The van der Waals surface area contributed by atoms with E-state index in [4.69, 9.17) is 0 Å². The molecular formula is C28H34N+. The van der Waals surface area contributed by atoms with Gasteiger partial charge in [0.1, 0.15) is 0 Å². The SMILES string of the molecule is CCCCCCCCc1cc2c(c3c1CCCC3)-c1cc3ccccc3c[n+]1C2. The van der Waals surface area contributed by atoms with Gasteiger partial charge in [-0.05, 0) is 72.7 Å². The van der Waals surface area contributed by atoms with Gasteiger partial charge in [-0.3, -0.25) is 0 Å². The first-order chi connectivity index (χ1) is 14.3. The Kier molecular flexibility index (Phi) is 5.40. The second-order valence-corrected chi connectivity index (χ2v) is 9.17. The van der Waals surface area contributed by atoms with E-state index in [2.05, 4.69) is 54.1 Å². The maximum Gasteiger partial charge on any atom is 0.214 e. The monoisotopic (exact) mass is 384 g/mol. The summed E-state index contributed by atoms with van der Waals surface area (Å²) >= 11 is 0. The average molecular weight is 385 g/mol. The molecule has 0 atom stereocenters. The number of hydrogen-bond acceptors (Lipinski definition) is 0. The van der Waals surface area contributed by atoms with Crippen LogP contribution in [0.5, 0.6) is 0 Å². The molecule has 1 heteroatoms. The van der Waals surface area contributed by atoms with E-state index in [0.717, 1.165) is 6.54 Å². The summed E-state index contributed by atoms with van der Waals surface area (Å²) in [6, 6.07) is 13.8. The van der Waals surface area contributed by atoms with Crippen LogP contribution >= 0.6 is 0 Å². The highest BCUT2D eigenvalue weighted by molar-refractivity contribution is 5.85. The Balaban J connectivity index is 1.47. The summed E-state index contributed by atoms with van der Waals surface area (Å²) in [4.78, 5) is 0. The third-order valence-corrected chi connectivity index (χ3v) is 7.12. The van der Waals surface area contributed by atoms with Gasteiger partial charge in [0, 0.05) is 17.0 Å². The highest BCUT2D eigenvalue weighted by Crippen LogP contribution is 2.39. The third-order valence-electron chi connectivity index (χ3n) is 7.12. The van der Waals surface area contributed by atoms with Gasteiger partial charge in [0.15, 0.2) is 12.7 Å². The van der Waals surface area contributed by atoms with Gasteiger partial charge in [-0.15, -0.1) is 0 Å². The third kappa shape index (κ3) is 3.61. The number of nitrogens with zero attached hydrogens (tertiary/aromatic N) is 1. The maximum absolute atomic E-state index is 2.59. The fourth-order valence-corrected chi connectivity index (χ4v) is 5.62. The zero-order valence-electron chi connectivity index (χ0n) is 18.0. The number of fused-ring (bicyclic) bond motifs is 6. The van der Waals surface area contributed by atoms with E-state index in [9.17, 15) is 0 Å². The number of hydrogen-bond donors (Lipinski definition) is 0. The van der Waals surface area contributed by atoms with Gasteiger partial charge in [0.2, 0.25) is 5.69 Å². The molecule has 2 aliphatic rings. The largest absolute Gasteiger partial charge is 0.214 e. The normalized spacial score (nSPS) is 14.7. The van der Waals surface area contributed by atoms with Crippen LogP contribution in [0.25, 0.3) is 22.0 Å². The van der Waals surface area contributed by atoms with Crippen molar-refractivity contribution >= 4 is 10.8 Å². The number of benzene rings is 2. The van der Waals surface area contributed by atoms with Gasteiger partial charge in [-0.2, -0.15) is 4.57 Å². The van der Waals surface area contributed by atoms with Crippen LogP contribution in [0.3, 0.4) is 0 Å². The van der Waals surface area contributed by atoms with Crippen LogP contribution < -0.4 is 4.57 Å². The molecule has 0 spiro atoms. The fraction of sp³-hybridized carbons (Fsp3) is 0.464. The van der Waals surface area contributed by atoms with Gasteiger partial charge < -0.3 is 0 Å². The van der Waals surface area contributed by atoms with Crippen LogP contribution in [-0.4, -0.2) is 0 Å². The maximum atomic E-state index is 2.59. The van der Waals surface area contributed by atoms with Gasteiger partial charge in [0.05, 0.1) is 5.56 Å². The highest BCUT2D eigenvalue weighted by atomic mass is 15.0.